The number of carbonyl (C=O) groups is 2. The van der Waals surface area contributed by atoms with E-state index in [1.54, 1.807) is 4.90 Å². The second kappa shape index (κ2) is 11.5. The van der Waals surface area contributed by atoms with Gasteiger partial charge in [-0.05, 0) is 49.3 Å². The first-order valence-corrected chi connectivity index (χ1v) is 11.0. The van der Waals surface area contributed by atoms with Crippen molar-refractivity contribution in [1.82, 2.24) is 10.2 Å². The van der Waals surface area contributed by atoms with Gasteiger partial charge >= 0.3 is 0 Å². The maximum absolute atomic E-state index is 13.1. The van der Waals surface area contributed by atoms with Gasteiger partial charge in [0.15, 0.2) is 0 Å². The topological polar surface area (TPSA) is 49.4 Å². The molecule has 0 aromatic heterocycles. The maximum Gasteiger partial charge on any atom is 0.242 e. The Kier molecular flexibility index (Phi) is 9.10. The van der Waals surface area contributed by atoms with Crippen LogP contribution in [0.15, 0.2) is 48.5 Å². The van der Waals surface area contributed by atoms with Gasteiger partial charge in [-0.15, -0.1) is 0 Å². The zero-order valence-corrected chi connectivity index (χ0v) is 19.1. The summed E-state index contributed by atoms with van der Waals surface area (Å²) in [5.74, 6) is 0.398. The Morgan fingerprint density at radius 3 is 2.10 bits per heavy atom. The molecule has 4 nitrogen and oxygen atoms in total. The number of nitrogens with one attached hydrogen (secondary N) is 1. The number of amides is 2. The lowest BCUT2D eigenvalue weighted by Gasteiger charge is -2.29. The Labute approximate surface area is 181 Å². The number of nitrogens with zero attached hydrogens (tertiary/aromatic N) is 1. The quantitative estimate of drug-likeness (QED) is 0.602. The van der Waals surface area contributed by atoms with Crippen molar-refractivity contribution in [2.24, 2.45) is 0 Å². The van der Waals surface area contributed by atoms with Crippen LogP contribution in [0.25, 0.3) is 0 Å². The van der Waals surface area contributed by atoms with Gasteiger partial charge in [0, 0.05) is 19.5 Å². The summed E-state index contributed by atoms with van der Waals surface area (Å²) in [5, 5.41) is 2.92. The minimum absolute atomic E-state index is 0.00246. The highest BCUT2D eigenvalue weighted by atomic mass is 16.2. The predicted octanol–water partition coefficient (Wildman–Crippen LogP) is 4.99. The molecule has 0 aliphatic heterocycles. The van der Waals surface area contributed by atoms with E-state index in [0.29, 0.717) is 31.8 Å². The van der Waals surface area contributed by atoms with Crippen molar-refractivity contribution >= 4 is 11.8 Å². The van der Waals surface area contributed by atoms with E-state index >= 15 is 0 Å². The largest absolute Gasteiger partial charge is 0.354 e. The van der Waals surface area contributed by atoms with Crippen molar-refractivity contribution < 1.29 is 9.59 Å². The first kappa shape index (κ1) is 23.7. The van der Waals surface area contributed by atoms with Crippen molar-refractivity contribution in [3.63, 3.8) is 0 Å². The van der Waals surface area contributed by atoms with Gasteiger partial charge in [-0.3, -0.25) is 9.59 Å². The van der Waals surface area contributed by atoms with E-state index in [2.05, 4.69) is 43.4 Å². The van der Waals surface area contributed by atoms with Gasteiger partial charge in [-0.2, -0.15) is 0 Å². The third-order valence-corrected chi connectivity index (χ3v) is 5.46. The molecule has 2 amide bonds. The molecule has 2 aromatic rings. The van der Waals surface area contributed by atoms with E-state index in [1.807, 2.05) is 45.0 Å². The van der Waals surface area contributed by atoms with E-state index < -0.39 is 6.04 Å². The van der Waals surface area contributed by atoms with Crippen LogP contribution < -0.4 is 5.32 Å². The lowest BCUT2D eigenvalue weighted by molar-refractivity contribution is -0.140. The average molecular weight is 409 g/mol. The van der Waals surface area contributed by atoms with Gasteiger partial charge in [-0.1, -0.05) is 74.9 Å². The molecule has 30 heavy (non-hydrogen) atoms. The van der Waals surface area contributed by atoms with Crippen molar-refractivity contribution in [3.05, 3.63) is 70.8 Å². The molecule has 0 aliphatic carbocycles. The van der Waals surface area contributed by atoms with E-state index in [0.717, 1.165) is 17.5 Å². The van der Waals surface area contributed by atoms with Crippen LogP contribution in [-0.4, -0.2) is 29.3 Å². The summed E-state index contributed by atoms with van der Waals surface area (Å²) in [6.45, 7) is 11.3. The summed E-state index contributed by atoms with van der Waals surface area (Å²) in [6, 6.07) is 16.1. The molecule has 0 bridgehead atoms. The first-order chi connectivity index (χ1) is 14.3. The van der Waals surface area contributed by atoms with Crippen LogP contribution in [0.1, 0.15) is 68.7 Å². The van der Waals surface area contributed by atoms with Crippen molar-refractivity contribution in [2.45, 2.75) is 72.4 Å². The van der Waals surface area contributed by atoms with E-state index in [9.17, 15) is 9.59 Å². The fourth-order valence-electron chi connectivity index (χ4n) is 3.33. The zero-order valence-electron chi connectivity index (χ0n) is 19.1. The fraction of sp³-hybridized carbons (Fsp3) is 0.462. The Balaban J connectivity index is 2.09. The molecule has 0 unspecified atom stereocenters. The second-order valence-corrected chi connectivity index (χ2v) is 8.37. The maximum atomic E-state index is 13.1. The number of hydrogen-bond acceptors (Lipinski definition) is 2. The van der Waals surface area contributed by atoms with Crippen LogP contribution in [0.2, 0.25) is 0 Å². The molecule has 0 fully saturated rings. The van der Waals surface area contributed by atoms with E-state index in [1.165, 1.54) is 11.1 Å². The number of aryl methyl sites for hydroxylation is 2. The Morgan fingerprint density at radius 2 is 1.53 bits per heavy atom. The van der Waals surface area contributed by atoms with Crippen molar-refractivity contribution in [2.75, 3.05) is 6.54 Å². The molecule has 162 valence electrons. The molecule has 0 radical (unpaired) electrons. The molecule has 0 aliphatic rings. The summed E-state index contributed by atoms with van der Waals surface area (Å²) in [7, 11) is 0. The van der Waals surface area contributed by atoms with Gasteiger partial charge in [0.05, 0.1) is 0 Å². The average Bonchev–Trinajstić information content (AvgIpc) is 2.75. The van der Waals surface area contributed by atoms with E-state index in [-0.39, 0.29) is 11.8 Å². The zero-order chi connectivity index (χ0) is 22.1. The SMILES string of the molecule is CCCNC(=O)[C@@H](C)N(Cc1ccc(C)cc1)C(=O)CCc1ccc(C(C)C)cc1. The molecular weight excluding hydrogens is 372 g/mol. The standard InChI is InChI=1S/C26H36N2O2/c1-6-17-27-26(30)21(5)28(18-23-9-7-20(4)8-10-23)25(29)16-13-22-11-14-24(15-12-22)19(2)3/h7-12,14-15,19,21H,6,13,16-18H2,1-5H3,(H,27,30)/t21-/m1/s1. The Morgan fingerprint density at radius 1 is 0.933 bits per heavy atom. The molecule has 4 heteroatoms. The Hall–Kier alpha value is -2.62. The summed E-state index contributed by atoms with van der Waals surface area (Å²) in [6.07, 6.45) is 1.93. The number of carbonyl (C=O) groups excluding carboxylic acids is 2. The second-order valence-electron chi connectivity index (χ2n) is 8.37. The molecule has 0 saturated carbocycles. The van der Waals surface area contributed by atoms with Crippen LogP contribution >= 0.6 is 0 Å². The van der Waals surface area contributed by atoms with Crippen LogP contribution in [0.3, 0.4) is 0 Å². The highest BCUT2D eigenvalue weighted by Gasteiger charge is 2.25. The smallest absolute Gasteiger partial charge is 0.242 e. The minimum atomic E-state index is -0.506. The van der Waals surface area contributed by atoms with E-state index in [4.69, 9.17) is 0 Å². The lowest BCUT2D eigenvalue weighted by atomic mass is 10.00. The van der Waals surface area contributed by atoms with Crippen molar-refractivity contribution in [3.8, 4) is 0 Å². The molecule has 0 saturated heterocycles. The summed E-state index contributed by atoms with van der Waals surface area (Å²) in [5.41, 5.74) is 4.65. The number of rotatable bonds is 10. The molecule has 2 rings (SSSR count). The summed E-state index contributed by atoms with van der Waals surface area (Å²) < 4.78 is 0. The lowest BCUT2D eigenvalue weighted by Crippen LogP contribution is -2.47. The highest BCUT2D eigenvalue weighted by Crippen LogP contribution is 2.17. The molecule has 1 atom stereocenters. The van der Waals surface area contributed by atoms with Crippen LogP contribution in [-0.2, 0) is 22.6 Å². The molecule has 1 N–H and O–H groups in total. The van der Waals surface area contributed by atoms with Crippen LogP contribution in [0.4, 0.5) is 0 Å². The molecule has 0 spiro atoms. The van der Waals surface area contributed by atoms with Crippen LogP contribution in [0, 0.1) is 6.92 Å². The number of hydrogen-bond donors (Lipinski definition) is 1. The predicted molar refractivity (Wildman–Crippen MR) is 123 cm³/mol. The number of benzene rings is 2. The summed E-state index contributed by atoms with van der Waals surface area (Å²) >= 11 is 0. The summed E-state index contributed by atoms with van der Waals surface area (Å²) in [4.78, 5) is 27.4. The van der Waals surface area contributed by atoms with Gasteiger partial charge in [0.25, 0.3) is 0 Å². The van der Waals surface area contributed by atoms with Crippen LogP contribution in [0.5, 0.6) is 0 Å². The molecular formula is C26H36N2O2. The highest BCUT2D eigenvalue weighted by molar-refractivity contribution is 5.87. The monoisotopic (exact) mass is 408 g/mol. The molecule has 2 aromatic carbocycles. The fourth-order valence-corrected chi connectivity index (χ4v) is 3.33. The third-order valence-electron chi connectivity index (χ3n) is 5.46. The van der Waals surface area contributed by atoms with Gasteiger partial charge in [-0.25, -0.2) is 0 Å². The van der Waals surface area contributed by atoms with Gasteiger partial charge < -0.3 is 10.2 Å². The van der Waals surface area contributed by atoms with Gasteiger partial charge in [0.2, 0.25) is 11.8 Å². The van der Waals surface area contributed by atoms with Crippen molar-refractivity contribution in [1.29, 1.82) is 0 Å². The third kappa shape index (κ3) is 7.01. The molecule has 0 heterocycles. The van der Waals surface area contributed by atoms with Gasteiger partial charge in [0.1, 0.15) is 6.04 Å². The first-order valence-electron chi connectivity index (χ1n) is 11.0. The Bertz CT molecular complexity index is 810. The normalized spacial score (nSPS) is 11.9. The minimum Gasteiger partial charge on any atom is -0.354 e.